The lowest BCUT2D eigenvalue weighted by molar-refractivity contribution is 0.597. The molecule has 98 valence electrons. The van der Waals surface area contributed by atoms with Crippen molar-refractivity contribution in [3.8, 4) is 0 Å². The molecule has 0 aliphatic carbocycles. The molecule has 0 aromatic carbocycles. The Morgan fingerprint density at radius 1 is 1.17 bits per heavy atom. The van der Waals surface area contributed by atoms with Gasteiger partial charge in [-0.1, -0.05) is 6.92 Å². The minimum Gasteiger partial charge on any atom is -0.306 e. The lowest BCUT2D eigenvalue weighted by Gasteiger charge is -2.19. The molecule has 2 rings (SSSR count). The highest BCUT2D eigenvalue weighted by Gasteiger charge is 2.19. The van der Waals surface area contributed by atoms with E-state index in [1.807, 2.05) is 11.3 Å². The Hall–Kier alpha value is -0.640. The van der Waals surface area contributed by atoms with Gasteiger partial charge in [-0.25, -0.2) is 0 Å². The third-order valence-electron chi connectivity index (χ3n) is 3.20. The summed E-state index contributed by atoms with van der Waals surface area (Å²) >= 11 is 3.70. The Morgan fingerprint density at radius 2 is 1.94 bits per heavy atom. The van der Waals surface area contributed by atoms with E-state index < -0.39 is 0 Å². The van der Waals surface area contributed by atoms with Gasteiger partial charge in [0, 0.05) is 9.75 Å². The third-order valence-corrected chi connectivity index (χ3v) is 5.06. The average Bonchev–Trinajstić information content (AvgIpc) is 2.87. The Morgan fingerprint density at radius 3 is 2.44 bits per heavy atom. The SMILES string of the molecule is CCCNC(c1cscc1C)c1cc(C)sc1C. The van der Waals surface area contributed by atoms with Crippen LogP contribution in [0.25, 0.3) is 0 Å². The largest absolute Gasteiger partial charge is 0.306 e. The molecule has 0 saturated carbocycles. The molecule has 1 nitrogen and oxygen atoms in total. The lowest BCUT2D eigenvalue weighted by Crippen LogP contribution is -2.23. The fourth-order valence-electron chi connectivity index (χ4n) is 2.28. The summed E-state index contributed by atoms with van der Waals surface area (Å²) in [7, 11) is 0. The molecule has 18 heavy (non-hydrogen) atoms. The topological polar surface area (TPSA) is 12.0 Å². The van der Waals surface area contributed by atoms with Crippen LogP contribution < -0.4 is 5.32 Å². The van der Waals surface area contributed by atoms with E-state index in [-0.39, 0.29) is 0 Å². The van der Waals surface area contributed by atoms with Crippen molar-refractivity contribution in [2.24, 2.45) is 0 Å². The number of nitrogens with one attached hydrogen (secondary N) is 1. The van der Waals surface area contributed by atoms with Gasteiger partial charge in [0.15, 0.2) is 0 Å². The van der Waals surface area contributed by atoms with Crippen LogP contribution in [0.2, 0.25) is 0 Å². The molecule has 3 heteroatoms. The van der Waals surface area contributed by atoms with Gasteiger partial charge in [-0.2, -0.15) is 11.3 Å². The molecule has 0 bridgehead atoms. The van der Waals surface area contributed by atoms with Crippen LogP contribution in [0.5, 0.6) is 0 Å². The third kappa shape index (κ3) is 2.85. The maximum Gasteiger partial charge on any atom is 0.0598 e. The second-order valence-electron chi connectivity index (χ2n) is 4.77. The normalized spacial score (nSPS) is 12.9. The standard InChI is InChI=1S/C15H21NS2/c1-5-6-16-15(14-9-17-8-10(14)2)13-7-11(3)18-12(13)4/h7-9,15-16H,5-6H2,1-4H3. The maximum atomic E-state index is 3.70. The molecule has 0 spiro atoms. The molecule has 2 aromatic heterocycles. The molecule has 0 aliphatic heterocycles. The first kappa shape index (κ1) is 13.8. The van der Waals surface area contributed by atoms with Crippen molar-refractivity contribution in [3.05, 3.63) is 43.3 Å². The molecule has 2 aromatic rings. The van der Waals surface area contributed by atoms with Crippen LogP contribution in [-0.4, -0.2) is 6.54 Å². The fraction of sp³-hybridized carbons (Fsp3) is 0.467. The molecule has 0 amide bonds. The summed E-state index contributed by atoms with van der Waals surface area (Å²) in [6.07, 6.45) is 1.17. The van der Waals surface area contributed by atoms with Crippen LogP contribution in [0.4, 0.5) is 0 Å². The van der Waals surface area contributed by atoms with Crippen molar-refractivity contribution in [1.29, 1.82) is 0 Å². The molecule has 1 N–H and O–H groups in total. The van der Waals surface area contributed by atoms with Gasteiger partial charge in [0.1, 0.15) is 0 Å². The van der Waals surface area contributed by atoms with Gasteiger partial charge >= 0.3 is 0 Å². The second kappa shape index (κ2) is 6.00. The summed E-state index contributed by atoms with van der Waals surface area (Å²) in [6.45, 7) is 9.92. The zero-order chi connectivity index (χ0) is 13.1. The van der Waals surface area contributed by atoms with E-state index in [4.69, 9.17) is 0 Å². The van der Waals surface area contributed by atoms with Gasteiger partial charge in [-0.15, -0.1) is 11.3 Å². The molecule has 0 aliphatic rings. The van der Waals surface area contributed by atoms with Crippen molar-refractivity contribution in [2.75, 3.05) is 6.54 Å². The van der Waals surface area contributed by atoms with Crippen molar-refractivity contribution in [1.82, 2.24) is 5.32 Å². The van der Waals surface area contributed by atoms with Crippen molar-refractivity contribution in [3.63, 3.8) is 0 Å². The minimum atomic E-state index is 0.362. The van der Waals surface area contributed by atoms with E-state index in [0.29, 0.717) is 6.04 Å². The predicted octanol–water partition coefficient (Wildman–Crippen LogP) is 4.82. The Balaban J connectivity index is 2.37. The molecule has 1 unspecified atom stereocenters. The fourth-order valence-corrected chi connectivity index (χ4v) is 4.12. The quantitative estimate of drug-likeness (QED) is 0.827. The van der Waals surface area contributed by atoms with Crippen LogP contribution in [0.1, 0.15) is 45.8 Å². The van der Waals surface area contributed by atoms with Crippen LogP contribution in [0.15, 0.2) is 16.8 Å². The van der Waals surface area contributed by atoms with E-state index >= 15 is 0 Å². The minimum absolute atomic E-state index is 0.362. The van der Waals surface area contributed by atoms with Gasteiger partial charge < -0.3 is 5.32 Å². The monoisotopic (exact) mass is 279 g/mol. The molecule has 0 saturated heterocycles. The van der Waals surface area contributed by atoms with E-state index in [1.165, 1.54) is 32.9 Å². The zero-order valence-corrected chi connectivity index (χ0v) is 13.2. The molecule has 2 heterocycles. The summed E-state index contributed by atoms with van der Waals surface area (Å²) in [5.41, 5.74) is 4.29. The Kier molecular flexibility index (Phi) is 4.60. The predicted molar refractivity (Wildman–Crippen MR) is 83.0 cm³/mol. The summed E-state index contributed by atoms with van der Waals surface area (Å²) in [6, 6.07) is 2.70. The van der Waals surface area contributed by atoms with E-state index in [2.05, 4.69) is 49.8 Å². The first-order chi connectivity index (χ1) is 8.63. The Bertz CT molecular complexity index is 510. The van der Waals surface area contributed by atoms with E-state index in [1.54, 1.807) is 11.3 Å². The average molecular weight is 279 g/mol. The van der Waals surface area contributed by atoms with Gasteiger partial charge in [0.25, 0.3) is 0 Å². The van der Waals surface area contributed by atoms with Crippen LogP contribution in [-0.2, 0) is 0 Å². The molecular formula is C15H21NS2. The summed E-state index contributed by atoms with van der Waals surface area (Å²) in [5.74, 6) is 0. The smallest absolute Gasteiger partial charge is 0.0598 e. The first-order valence-electron chi connectivity index (χ1n) is 6.46. The Labute approximate surface area is 118 Å². The van der Waals surface area contributed by atoms with Gasteiger partial charge in [0.2, 0.25) is 0 Å². The highest BCUT2D eigenvalue weighted by molar-refractivity contribution is 7.12. The van der Waals surface area contributed by atoms with Gasteiger partial charge in [0.05, 0.1) is 6.04 Å². The number of hydrogen-bond acceptors (Lipinski definition) is 3. The number of thiophene rings is 2. The number of rotatable bonds is 5. The molecule has 1 atom stereocenters. The van der Waals surface area contributed by atoms with Crippen molar-refractivity contribution < 1.29 is 0 Å². The maximum absolute atomic E-state index is 3.70. The molecule has 0 fully saturated rings. The van der Waals surface area contributed by atoms with Crippen LogP contribution in [0, 0.1) is 20.8 Å². The van der Waals surface area contributed by atoms with Crippen molar-refractivity contribution >= 4 is 22.7 Å². The van der Waals surface area contributed by atoms with E-state index in [9.17, 15) is 0 Å². The molecule has 0 radical (unpaired) electrons. The summed E-state index contributed by atoms with van der Waals surface area (Å²) < 4.78 is 0. The first-order valence-corrected chi connectivity index (χ1v) is 8.22. The van der Waals surface area contributed by atoms with E-state index in [0.717, 1.165) is 6.54 Å². The van der Waals surface area contributed by atoms with Crippen LogP contribution >= 0.6 is 22.7 Å². The highest BCUT2D eigenvalue weighted by Crippen LogP contribution is 2.33. The van der Waals surface area contributed by atoms with Gasteiger partial charge in [-0.05, 0) is 67.3 Å². The zero-order valence-electron chi connectivity index (χ0n) is 11.5. The summed E-state index contributed by atoms with van der Waals surface area (Å²) in [5, 5.41) is 8.22. The van der Waals surface area contributed by atoms with Crippen LogP contribution in [0.3, 0.4) is 0 Å². The second-order valence-corrected chi connectivity index (χ2v) is 6.97. The summed E-state index contributed by atoms with van der Waals surface area (Å²) in [4.78, 5) is 2.84. The van der Waals surface area contributed by atoms with Gasteiger partial charge in [-0.3, -0.25) is 0 Å². The number of hydrogen-bond donors (Lipinski definition) is 1. The highest BCUT2D eigenvalue weighted by atomic mass is 32.1. The van der Waals surface area contributed by atoms with Crippen molar-refractivity contribution in [2.45, 2.75) is 40.2 Å². The lowest BCUT2D eigenvalue weighted by atomic mass is 9.98. The number of aryl methyl sites for hydroxylation is 3. The molecular weight excluding hydrogens is 258 g/mol.